The predicted molar refractivity (Wildman–Crippen MR) is 148 cm³/mol. The average molecular weight is 569 g/mol. The van der Waals surface area contributed by atoms with Gasteiger partial charge in [-0.25, -0.2) is 0 Å². The van der Waals surface area contributed by atoms with Crippen molar-refractivity contribution in [2.75, 3.05) is 40.5 Å². The van der Waals surface area contributed by atoms with Crippen molar-refractivity contribution in [1.82, 2.24) is 15.5 Å². The number of nitrogens with zero attached hydrogens (tertiary/aromatic N) is 2. The highest BCUT2D eigenvalue weighted by Gasteiger charge is 2.10. The molecule has 7 heteroatoms. The van der Waals surface area contributed by atoms with E-state index in [0.717, 1.165) is 38.6 Å². The van der Waals surface area contributed by atoms with Crippen LogP contribution in [0.1, 0.15) is 37.0 Å². The average Bonchev–Trinajstić information content (AvgIpc) is 2.82. The maximum Gasteiger partial charge on any atom is 0.191 e. The Labute approximate surface area is 217 Å². The van der Waals surface area contributed by atoms with Gasteiger partial charge >= 0.3 is 0 Å². The molecule has 0 aliphatic rings. The van der Waals surface area contributed by atoms with Crippen LogP contribution < -0.4 is 10.6 Å². The Morgan fingerprint density at radius 3 is 2.39 bits per heavy atom. The highest BCUT2D eigenvalue weighted by atomic mass is 127. The van der Waals surface area contributed by atoms with Crippen LogP contribution in [0.25, 0.3) is 0 Å². The minimum Gasteiger partial charge on any atom is -0.379 e. The third-order valence-electron chi connectivity index (χ3n) is 5.40. The molecule has 0 amide bonds. The number of rotatable bonds is 14. The quantitative estimate of drug-likeness (QED) is 0.153. The molecule has 0 saturated carbocycles. The molecule has 0 aromatic heterocycles. The second-order valence-electron chi connectivity index (χ2n) is 7.96. The second kappa shape index (κ2) is 17.8. The van der Waals surface area contributed by atoms with Gasteiger partial charge in [-0.2, -0.15) is 0 Å². The number of ether oxygens (including phenoxy) is 2. The second-order valence-corrected chi connectivity index (χ2v) is 7.96. The largest absolute Gasteiger partial charge is 0.379 e. The Kier molecular flexibility index (Phi) is 15.8. The first-order valence-electron chi connectivity index (χ1n) is 11.5. The number of nitrogens with one attached hydrogen (secondary N) is 2. The van der Waals surface area contributed by atoms with E-state index in [1.165, 1.54) is 16.7 Å². The fourth-order valence-electron chi connectivity index (χ4n) is 3.34. The number of guanidine groups is 1. The zero-order valence-electron chi connectivity index (χ0n) is 20.5. The molecule has 0 saturated heterocycles. The van der Waals surface area contributed by atoms with Gasteiger partial charge in [0.25, 0.3) is 0 Å². The number of benzene rings is 2. The number of halogens is 1. The molecule has 184 valence electrons. The van der Waals surface area contributed by atoms with Gasteiger partial charge in [0.2, 0.25) is 0 Å². The number of hydrogen-bond acceptors (Lipinski definition) is 4. The van der Waals surface area contributed by atoms with Gasteiger partial charge in [0.15, 0.2) is 5.96 Å². The normalized spacial score (nSPS) is 12.3. The SMILES string of the molecule is CCOCCOCc1cccc(CNC(=NC)NCCC(C)N(C)Cc2ccccc2)c1.I. The molecule has 0 fully saturated rings. The van der Waals surface area contributed by atoms with E-state index >= 15 is 0 Å². The summed E-state index contributed by atoms with van der Waals surface area (Å²) in [5, 5.41) is 6.84. The smallest absolute Gasteiger partial charge is 0.191 e. The van der Waals surface area contributed by atoms with Gasteiger partial charge in [-0.15, -0.1) is 24.0 Å². The molecule has 0 radical (unpaired) electrons. The Hall–Kier alpha value is -1.68. The topological polar surface area (TPSA) is 58.1 Å². The van der Waals surface area contributed by atoms with E-state index in [2.05, 4.69) is 89.1 Å². The monoisotopic (exact) mass is 568 g/mol. The van der Waals surface area contributed by atoms with E-state index in [0.29, 0.717) is 25.9 Å². The van der Waals surface area contributed by atoms with Crippen molar-refractivity contribution in [2.24, 2.45) is 4.99 Å². The van der Waals surface area contributed by atoms with E-state index in [-0.39, 0.29) is 24.0 Å². The van der Waals surface area contributed by atoms with Crippen molar-refractivity contribution in [1.29, 1.82) is 0 Å². The van der Waals surface area contributed by atoms with Crippen LogP contribution >= 0.6 is 24.0 Å². The van der Waals surface area contributed by atoms with Gasteiger partial charge in [0.05, 0.1) is 19.8 Å². The van der Waals surface area contributed by atoms with Gasteiger partial charge in [0, 0.05) is 39.3 Å². The van der Waals surface area contributed by atoms with Gasteiger partial charge in [-0.1, -0.05) is 54.6 Å². The van der Waals surface area contributed by atoms with Crippen molar-refractivity contribution in [3.05, 3.63) is 71.3 Å². The van der Waals surface area contributed by atoms with Crippen molar-refractivity contribution < 1.29 is 9.47 Å². The fraction of sp³-hybridized carbons (Fsp3) is 0.500. The van der Waals surface area contributed by atoms with Crippen molar-refractivity contribution >= 4 is 29.9 Å². The minimum atomic E-state index is 0. The van der Waals surface area contributed by atoms with E-state index in [1.807, 2.05) is 14.0 Å². The van der Waals surface area contributed by atoms with Crippen molar-refractivity contribution in [2.45, 2.75) is 46.0 Å². The van der Waals surface area contributed by atoms with Crippen LogP contribution in [0.3, 0.4) is 0 Å². The molecule has 0 bridgehead atoms. The first kappa shape index (κ1) is 29.4. The summed E-state index contributed by atoms with van der Waals surface area (Å²) in [6, 6.07) is 19.5. The summed E-state index contributed by atoms with van der Waals surface area (Å²) in [4.78, 5) is 6.74. The summed E-state index contributed by atoms with van der Waals surface area (Å²) in [6.45, 7) is 9.38. The van der Waals surface area contributed by atoms with Crippen molar-refractivity contribution in [3.63, 3.8) is 0 Å². The molecule has 0 aliphatic carbocycles. The zero-order chi connectivity index (χ0) is 23.0. The lowest BCUT2D eigenvalue weighted by Crippen LogP contribution is -2.39. The predicted octanol–water partition coefficient (Wildman–Crippen LogP) is 4.43. The van der Waals surface area contributed by atoms with Crippen LogP contribution in [0.2, 0.25) is 0 Å². The molecular formula is C26H41IN4O2. The molecule has 1 unspecified atom stereocenters. The van der Waals surface area contributed by atoms with E-state index in [1.54, 1.807) is 0 Å². The Morgan fingerprint density at radius 1 is 0.970 bits per heavy atom. The van der Waals surface area contributed by atoms with Crippen LogP contribution in [0.4, 0.5) is 0 Å². The molecular weight excluding hydrogens is 527 g/mol. The molecule has 2 rings (SSSR count). The fourth-order valence-corrected chi connectivity index (χ4v) is 3.34. The van der Waals surface area contributed by atoms with Crippen LogP contribution in [0, 0.1) is 0 Å². The van der Waals surface area contributed by atoms with E-state index in [9.17, 15) is 0 Å². The summed E-state index contributed by atoms with van der Waals surface area (Å²) < 4.78 is 11.0. The first-order chi connectivity index (χ1) is 15.6. The summed E-state index contributed by atoms with van der Waals surface area (Å²) in [5.41, 5.74) is 3.71. The molecule has 0 aliphatic heterocycles. The lowest BCUT2D eigenvalue weighted by Gasteiger charge is -2.25. The van der Waals surface area contributed by atoms with Gasteiger partial charge in [-0.3, -0.25) is 9.89 Å². The highest BCUT2D eigenvalue weighted by Crippen LogP contribution is 2.08. The molecule has 0 spiro atoms. The van der Waals surface area contributed by atoms with Gasteiger partial charge in [0.1, 0.15) is 0 Å². The van der Waals surface area contributed by atoms with E-state index < -0.39 is 0 Å². The maximum atomic E-state index is 5.67. The highest BCUT2D eigenvalue weighted by molar-refractivity contribution is 14.0. The minimum absolute atomic E-state index is 0. The Morgan fingerprint density at radius 2 is 1.67 bits per heavy atom. The van der Waals surface area contributed by atoms with Crippen molar-refractivity contribution in [3.8, 4) is 0 Å². The third-order valence-corrected chi connectivity index (χ3v) is 5.40. The van der Waals surface area contributed by atoms with Gasteiger partial charge < -0.3 is 20.1 Å². The molecule has 6 nitrogen and oxygen atoms in total. The first-order valence-corrected chi connectivity index (χ1v) is 11.5. The summed E-state index contributed by atoms with van der Waals surface area (Å²) in [6.07, 6.45) is 1.04. The summed E-state index contributed by atoms with van der Waals surface area (Å²) in [5.74, 6) is 0.821. The number of hydrogen-bond donors (Lipinski definition) is 2. The van der Waals surface area contributed by atoms with Crippen LogP contribution in [-0.2, 0) is 29.2 Å². The molecule has 1 atom stereocenters. The van der Waals surface area contributed by atoms with Crippen LogP contribution in [0.5, 0.6) is 0 Å². The maximum absolute atomic E-state index is 5.67. The standard InChI is InChI=1S/C26H40N4O2.HI/c1-5-31-16-17-32-21-25-13-9-12-24(18-25)19-29-26(27-3)28-15-14-22(2)30(4)20-23-10-7-6-8-11-23;/h6-13,18,22H,5,14-17,19-21H2,1-4H3,(H2,27,28,29);1H. The van der Waals surface area contributed by atoms with Crippen LogP contribution in [-0.4, -0.2) is 57.4 Å². The van der Waals surface area contributed by atoms with E-state index in [4.69, 9.17) is 9.47 Å². The molecule has 2 N–H and O–H groups in total. The number of aliphatic imine (C=N–C) groups is 1. The zero-order valence-corrected chi connectivity index (χ0v) is 22.9. The van der Waals surface area contributed by atoms with Crippen LogP contribution in [0.15, 0.2) is 59.6 Å². The van der Waals surface area contributed by atoms with Gasteiger partial charge in [-0.05, 0) is 44.0 Å². The third kappa shape index (κ3) is 12.4. The summed E-state index contributed by atoms with van der Waals surface area (Å²) in [7, 11) is 3.99. The molecule has 33 heavy (non-hydrogen) atoms. The molecule has 2 aromatic rings. The Bertz CT molecular complexity index is 789. The summed E-state index contributed by atoms with van der Waals surface area (Å²) >= 11 is 0. The molecule has 0 heterocycles. The lowest BCUT2D eigenvalue weighted by atomic mass is 10.1. The Balaban J connectivity index is 0.00000544. The lowest BCUT2D eigenvalue weighted by molar-refractivity contribution is 0.0453. The molecule has 2 aromatic carbocycles.